The lowest BCUT2D eigenvalue weighted by molar-refractivity contribution is -0.123. The molecule has 0 heterocycles. The van der Waals surface area contributed by atoms with Crippen LogP contribution in [0.15, 0.2) is 18.2 Å². The molecule has 0 atom stereocenters. The van der Waals surface area contributed by atoms with E-state index in [9.17, 15) is 13.6 Å². The largest absolute Gasteiger partial charge is 0.493 e. The van der Waals surface area contributed by atoms with Gasteiger partial charge in [0.05, 0.1) is 12.1 Å². The number of alkyl halides is 2. The highest BCUT2D eigenvalue weighted by molar-refractivity contribution is 5.88. The van der Waals surface area contributed by atoms with Crippen LogP contribution in [0.4, 0.5) is 8.78 Å². The number of carbonyl (C=O) groups excluding carboxylic acids is 1. The summed E-state index contributed by atoms with van der Waals surface area (Å²) in [7, 11) is 0. The van der Waals surface area contributed by atoms with Gasteiger partial charge < -0.3 is 20.5 Å². The molecule has 0 radical (unpaired) electrons. The maximum Gasteiger partial charge on any atom is 0.387 e. The number of hydrogen-bond acceptors (Lipinski definition) is 4. The number of carbonyl (C=O) groups is 1. The van der Waals surface area contributed by atoms with Gasteiger partial charge in [0.1, 0.15) is 11.5 Å². The zero-order valence-corrected chi connectivity index (χ0v) is 12.4. The normalized spacial score (nSPS) is 15.5. The van der Waals surface area contributed by atoms with Crippen molar-refractivity contribution >= 4 is 5.91 Å². The van der Waals surface area contributed by atoms with Gasteiger partial charge in [-0.3, -0.25) is 4.79 Å². The van der Waals surface area contributed by atoms with Crippen LogP contribution in [0.2, 0.25) is 0 Å². The van der Waals surface area contributed by atoms with Crippen molar-refractivity contribution in [3.05, 3.63) is 23.8 Å². The lowest BCUT2D eigenvalue weighted by Crippen LogP contribution is -2.42. The molecule has 1 fully saturated rings. The summed E-state index contributed by atoms with van der Waals surface area (Å²) in [5, 5.41) is 2.65. The Morgan fingerprint density at radius 1 is 1.45 bits per heavy atom. The second-order valence-electron chi connectivity index (χ2n) is 5.34. The average Bonchev–Trinajstić information content (AvgIpc) is 3.22. The monoisotopic (exact) mass is 314 g/mol. The fourth-order valence-electron chi connectivity index (χ4n) is 1.91. The number of halogens is 2. The van der Waals surface area contributed by atoms with E-state index in [1.165, 1.54) is 6.07 Å². The fourth-order valence-corrected chi connectivity index (χ4v) is 1.91. The first kappa shape index (κ1) is 16.5. The van der Waals surface area contributed by atoms with E-state index in [1.807, 2.05) is 6.92 Å². The average molecular weight is 314 g/mol. The predicted octanol–water partition coefficient (Wildman–Crippen LogP) is 2.18. The van der Waals surface area contributed by atoms with Gasteiger partial charge in [0, 0.05) is 18.2 Å². The molecule has 0 aromatic heterocycles. The first-order chi connectivity index (χ1) is 10.4. The van der Waals surface area contributed by atoms with E-state index in [2.05, 4.69) is 10.1 Å². The molecule has 1 aromatic rings. The third-order valence-electron chi connectivity index (χ3n) is 3.41. The third kappa shape index (κ3) is 4.30. The quantitative estimate of drug-likeness (QED) is 0.771. The number of ether oxygens (including phenoxy) is 2. The molecule has 122 valence electrons. The van der Waals surface area contributed by atoms with E-state index in [-0.39, 0.29) is 18.2 Å². The molecule has 0 aliphatic heterocycles. The summed E-state index contributed by atoms with van der Waals surface area (Å²) in [4.78, 5) is 11.8. The molecule has 1 saturated carbocycles. The van der Waals surface area contributed by atoms with Crippen molar-refractivity contribution in [1.29, 1.82) is 0 Å². The van der Waals surface area contributed by atoms with Crippen molar-refractivity contribution in [1.82, 2.24) is 5.32 Å². The lowest BCUT2D eigenvalue weighted by atomic mass is 10.1. The molecule has 0 spiro atoms. The highest BCUT2D eigenvalue weighted by Crippen LogP contribution is 2.32. The van der Waals surface area contributed by atoms with E-state index in [1.54, 1.807) is 12.1 Å². The maximum atomic E-state index is 12.5. The summed E-state index contributed by atoms with van der Waals surface area (Å²) >= 11 is 0. The van der Waals surface area contributed by atoms with Gasteiger partial charge in [0.15, 0.2) is 0 Å². The van der Waals surface area contributed by atoms with Crippen LogP contribution in [0.5, 0.6) is 11.5 Å². The third-order valence-corrected chi connectivity index (χ3v) is 3.41. The van der Waals surface area contributed by atoms with Crippen LogP contribution >= 0.6 is 0 Å². The fraction of sp³-hybridized carbons (Fsp3) is 0.533. The van der Waals surface area contributed by atoms with Crippen LogP contribution in [0.3, 0.4) is 0 Å². The van der Waals surface area contributed by atoms with Crippen LogP contribution in [0.1, 0.15) is 31.7 Å². The van der Waals surface area contributed by atoms with Crippen LogP contribution < -0.4 is 20.5 Å². The summed E-state index contributed by atoms with van der Waals surface area (Å²) in [6, 6.07) is 4.66. The molecule has 0 bridgehead atoms. The number of nitrogens with one attached hydrogen (secondary N) is 1. The number of rotatable bonds is 8. The molecular formula is C15H20F2N2O3. The molecule has 0 saturated heterocycles. The van der Waals surface area contributed by atoms with Crippen molar-refractivity contribution in [3.8, 4) is 11.5 Å². The number of nitrogens with two attached hydrogens (primary N) is 1. The first-order valence-electron chi connectivity index (χ1n) is 7.22. The second kappa shape index (κ2) is 6.91. The summed E-state index contributed by atoms with van der Waals surface area (Å²) in [6.07, 6.45) is 2.09. The van der Waals surface area contributed by atoms with Gasteiger partial charge in [0.25, 0.3) is 0 Å². The number of amides is 1. The highest BCUT2D eigenvalue weighted by atomic mass is 19.3. The van der Waals surface area contributed by atoms with Gasteiger partial charge in [0.2, 0.25) is 5.91 Å². The van der Waals surface area contributed by atoms with Gasteiger partial charge >= 0.3 is 6.61 Å². The zero-order valence-electron chi connectivity index (χ0n) is 12.4. The van der Waals surface area contributed by atoms with Gasteiger partial charge in [-0.1, -0.05) is 6.92 Å². The Morgan fingerprint density at radius 2 is 2.18 bits per heavy atom. The van der Waals surface area contributed by atoms with E-state index < -0.39 is 12.2 Å². The van der Waals surface area contributed by atoms with Crippen molar-refractivity contribution in [2.24, 2.45) is 5.73 Å². The van der Waals surface area contributed by atoms with Gasteiger partial charge in [-0.2, -0.15) is 8.78 Å². The molecule has 7 heteroatoms. The molecule has 1 aliphatic carbocycles. The van der Waals surface area contributed by atoms with Crippen molar-refractivity contribution in [2.45, 2.75) is 44.9 Å². The summed E-state index contributed by atoms with van der Waals surface area (Å²) < 4.78 is 34.9. The summed E-state index contributed by atoms with van der Waals surface area (Å²) in [5.41, 5.74) is 5.42. The standard InChI is InChI=1S/C15H20F2N2O3/c1-2-7-21-11-4-3-10(12(8-11)22-14(16)17)9-19-13(20)15(18)5-6-15/h3-4,8,14H,2,5-7,9,18H2,1H3,(H,19,20). The molecule has 1 aromatic carbocycles. The number of benzene rings is 1. The molecule has 1 aliphatic rings. The Balaban J connectivity index is 2.05. The molecule has 3 N–H and O–H groups in total. The summed E-state index contributed by atoms with van der Waals surface area (Å²) in [6.45, 7) is -0.436. The Hall–Kier alpha value is -1.89. The van der Waals surface area contributed by atoms with Crippen molar-refractivity contribution in [3.63, 3.8) is 0 Å². The van der Waals surface area contributed by atoms with E-state index in [4.69, 9.17) is 10.5 Å². The molecular weight excluding hydrogens is 294 g/mol. The minimum Gasteiger partial charge on any atom is -0.493 e. The van der Waals surface area contributed by atoms with Crippen molar-refractivity contribution in [2.75, 3.05) is 6.61 Å². The zero-order chi connectivity index (χ0) is 16.2. The van der Waals surface area contributed by atoms with Crippen LogP contribution in [0.25, 0.3) is 0 Å². The predicted molar refractivity (Wildman–Crippen MR) is 76.9 cm³/mol. The Kier molecular flexibility index (Phi) is 5.18. The maximum absolute atomic E-state index is 12.5. The number of hydrogen-bond donors (Lipinski definition) is 2. The first-order valence-corrected chi connectivity index (χ1v) is 7.22. The van der Waals surface area contributed by atoms with E-state index in [0.29, 0.717) is 30.8 Å². The smallest absolute Gasteiger partial charge is 0.387 e. The van der Waals surface area contributed by atoms with E-state index >= 15 is 0 Å². The molecule has 0 unspecified atom stereocenters. The SMILES string of the molecule is CCCOc1ccc(CNC(=O)C2(N)CC2)c(OC(F)F)c1. The van der Waals surface area contributed by atoms with Crippen LogP contribution in [-0.4, -0.2) is 24.7 Å². The van der Waals surface area contributed by atoms with Crippen LogP contribution in [0, 0.1) is 0 Å². The molecule has 22 heavy (non-hydrogen) atoms. The highest BCUT2D eigenvalue weighted by Gasteiger charge is 2.45. The van der Waals surface area contributed by atoms with E-state index in [0.717, 1.165) is 6.42 Å². The summed E-state index contributed by atoms with van der Waals surface area (Å²) in [5.74, 6) is 0.164. The minimum atomic E-state index is -2.94. The second-order valence-corrected chi connectivity index (χ2v) is 5.34. The van der Waals surface area contributed by atoms with Crippen molar-refractivity contribution < 1.29 is 23.0 Å². The van der Waals surface area contributed by atoms with Crippen LogP contribution in [-0.2, 0) is 11.3 Å². The Labute approximate surface area is 127 Å². The van der Waals surface area contributed by atoms with Gasteiger partial charge in [-0.15, -0.1) is 0 Å². The Bertz CT molecular complexity index is 534. The Morgan fingerprint density at radius 3 is 2.77 bits per heavy atom. The molecule has 5 nitrogen and oxygen atoms in total. The topological polar surface area (TPSA) is 73.6 Å². The van der Waals surface area contributed by atoms with Gasteiger partial charge in [-0.05, 0) is 31.4 Å². The van der Waals surface area contributed by atoms with Gasteiger partial charge in [-0.25, -0.2) is 0 Å². The lowest BCUT2D eigenvalue weighted by Gasteiger charge is -2.15. The molecule has 1 amide bonds. The minimum absolute atomic E-state index is 0.00854. The molecule has 2 rings (SSSR count).